The Kier molecular flexibility index (Phi) is 2.88. The predicted octanol–water partition coefficient (Wildman–Crippen LogP) is 0.690. The van der Waals surface area contributed by atoms with Gasteiger partial charge >= 0.3 is 0 Å². The van der Waals surface area contributed by atoms with E-state index in [2.05, 4.69) is 5.32 Å². The van der Waals surface area contributed by atoms with Crippen LogP contribution in [0.3, 0.4) is 0 Å². The zero-order valence-electron chi connectivity index (χ0n) is 7.09. The smallest absolute Gasteiger partial charge is 0.249 e. The molecule has 0 aromatic carbocycles. The van der Waals surface area contributed by atoms with Gasteiger partial charge in [0, 0.05) is 6.54 Å². The number of rotatable bonds is 2. The maximum absolute atomic E-state index is 11.2. The molecule has 3 nitrogen and oxygen atoms in total. The number of carbonyl (C=O) groups is 1. The third kappa shape index (κ3) is 2.19. The van der Waals surface area contributed by atoms with Crippen LogP contribution >= 0.6 is 0 Å². The van der Waals surface area contributed by atoms with Crippen LogP contribution in [0.5, 0.6) is 0 Å². The molecule has 64 valence electrons. The van der Waals surface area contributed by atoms with E-state index in [-0.39, 0.29) is 18.1 Å². The average molecular weight is 157 g/mol. The van der Waals surface area contributed by atoms with E-state index in [1.807, 2.05) is 13.8 Å². The SMILES string of the molecule is CCNC(=O)[C@@H]1CC[C@H](C)O1. The van der Waals surface area contributed by atoms with Crippen molar-refractivity contribution >= 4 is 5.91 Å². The van der Waals surface area contributed by atoms with Crippen molar-refractivity contribution in [3.05, 3.63) is 0 Å². The van der Waals surface area contributed by atoms with Crippen molar-refractivity contribution in [3.63, 3.8) is 0 Å². The Morgan fingerprint density at radius 2 is 2.36 bits per heavy atom. The molecule has 1 aliphatic heterocycles. The molecule has 2 atom stereocenters. The van der Waals surface area contributed by atoms with Gasteiger partial charge < -0.3 is 10.1 Å². The minimum atomic E-state index is -0.190. The fourth-order valence-electron chi connectivity index (χ4n) is 1.28. The van der Waals surface area contributed by atoms with E-state index < -0.39 is 0 Å². The number of nitrogens with one attached hydrogen (secondary N) is 1. The van der Waals surface area contributed by atoms with Gasteiger partial charge in [0.25, 0.3) is 0 Å². The van der Waals surface area contributed by atoms with Gasteiger partial charge in [-0.05, 0) is 26.7 Å². The van der Waals surface area contributed by atoms with Gasteiger partial charge in [0.15, 0.2) is 0 Å². The Balaban J connectivity index is 2.31. The Labute approximate surface area is 67.1 Å². The van der Waals surface area contributed by atoms with Gasteiger partial charge in [0.2, 0.25) is 5.91 Å². The molecule has 0 unspecified atom stereocenters. The van der Waals surface area contributed by atoms with Crippen LogP contribution in [0.25, 0.3) is 0 Å². The monoisotopic (exact) mass is 157 g/mol. The second kappa shape index (κ2) is 3.72. The predicted molar refractivity (Wildman–Crippen MR) is 42.3 cm³/mol. The molecule has 0 aliphatic carbocycles. The van der Waals surface area contributed by atoms with Crippen molar-refractivity contribution in [2.45, 2.75) is 38.9 Å². The van der Waals surface area contributed by atoms with Crippen molar-refractivity contribution in [1.29, 1.82) is 0 Å². The number of hydrogen-bond acceptors (Lipinski definition) is 2. The van der Waals surface area contributed by atoms with Crippen LogP contribution in [0.15, 0.2) is 0 Å². The Morgan fingerprint density at radius 3 is 2.82 bits per heavy atom. The van der Waals surface area contributed by atoms with E-state index in [1.165, 1.54) is 0 Å². The minimum Gasteiger partial charge on any atom is -0.365 e. The van der Waals surface area contributed by atoms with E-state index in [9.17, 15) is 4.79 Å². The second-order valence-electron chi connectivity index (χ2n) is 2.91. The lowest BCUT2D eigenvalue weighted by molar-refractivity contribution is -0.131. The lowest BCUT2D eigenvalue weighted by Gasteiger charge is -2.09. The molecule has 1 heterocycles. The summed E-state index contributed by atoms with van der Waals surface area (Å²) in [5.74, 6) is 0.0388. The molecule has 0 saturated carbocycles. The Morgan fingerprint density at radius 1 is 1.64 bits per heavy atom. The molecular weight excluding hydrogens is 142 g/mol. The quantitative estimate of drug-likeness (QED) is 0.640. The molecule has 1 N–H and O–H groups in total. The number of likely N-dealkylation sites (N-methyl/N-ethyl adjacent to an activating group) is 1. The third-order valence-electron chi connectivity index (χ3n) is 1.88. The van der Waals surface area contributed by atoms with Crippen LogP contribution in [0.4, 0.5) is 0 Å². The van der Waals surface area contributed by atoms with Gasteiger partial charge in [-0.15, -0.1) is 0 Å². The van der Waals surface area contributed by atoms with Crippen LogP contribution in [0, 0.1) is 0 Å². The van der Waals surface area contributed by atoms with Gasteiger partial charge in [-0.3, -0.25) is 4.79 Å². The van der Waals surface area contributed by atoms with Gasteiger partial charge in [-0.2, -0.15) is 0 Å². The summed E-state index contributed by atoms with van der Waals surface area (Å²) >= 11 is 0. The topological polar surface area (TPSA) is 38.3 Å². The molecule has 3 heteroatoms. The summed E-state index contributed by atoms with van der Waals surface area (Å²) in [6.45, 7) is 4.60. The van der Waals surface area contributed by atoms with Crippen molar-refractivity contribution < 1.29 is 9.53 Å². The third-order valence-corrected chi connectivity index (χ3v) is 1.88. The van der Waals surface area contributed by atoms with Gasteiger partial charge in [-0.25, -0.2) is 0 Å². The largest absolute Gasteiger partial charge is 0.365 e. The van der Waals surface area contributed by atoms with Crippen LogP contribution in [0.1, 0.15) is 26.7 Å². The summed E-state index contributed by atoms with van der Waals surface area (Å²) < 4.78 is 5.36. The molecule has 0 aromatic rings. The molecule has 0 radical (unpaired) electrons. The summed E-state index contributed by atoms with van der Waals surface area (Å²) in [6, 6.07) is 0. The lowest BCUT2D eigenvalue weighted by atomic mass is 10.2. The summed E-state index contributed by atoms with van der Waals surface area (Å²) in [6.07, 6.45) is 1.93. The molecular formula is C8H15NO2. The van der Waals surface area contributed by atoms with Crippen molar-refractivity contribution in [1.82, 2.24) is 5.32 Å². The highest BCUT2D eigenvalue weighted by atomic mass is 16.5. The molecule has 0 bridgehead atoms. The highest BCUT2D eigenvalue weighted by Crippen LogP contribution is 2.18. The summed E-state index contributed by atoms with van der Waals surface area (Å²) in [7, 11) is 0. The van der Waals surface area contributed by atoms with E-state index >= 15 is 0 Å². The van der Waals surface area contributed by atoms with Crippen LogP contribution in [-0.2, 0) is 9.53 Å². The number of amides is 1. The number of carbonyl (C=O) groups excluding carboxylic acids is 1. The molecule has 1 aliphatic rings. The van der Waals surface area contributed by atoms with Gasteiger partial charge in [0.1, 0.15) is 6.10 Å². The second-order valence-corrected chi connectivity index (χ2v) is 2.91. The zero-order valence-corrected chi connectivity index (χ0v) is 7.09. The maximum atomic E-state index is 11.2. The first-order valence-electron chi connectivity index (χ1n) is 4.17. The fourth-order valence-corrected chi connectivity index (χ4v) is 1.28. The van der Waals surface area contributed by atoms with E-state index in [0.29, 0.717) is 6.54 Å². The van der Waals surface area contributed by atoms with E-state index in [4.69, 9.17) is 4.74 Å². The highest BCUT2D eigenvalue weighted by molar-refractivity contribution is 5.80. The molecule has 0 aromatic heterocycles. The van der Waals surface area contributed by atoms with Crippen LogP contribution in [0.2, 0.25) is 0 Å². The average Bonchev–Trinajstić information content (AvgIpc) is 2.36. The van der Waals surface area contributed by atoms with E-state index in [1.54, 1.807) is 0 Å². The van der Waals surface area contributed by atoms with Crippen molar-refractivity contribution in [2.24, 2.45) is 0 Å². The maximum Gasteiger partial charge on any atom is 0.249 e. The number of ether oxygens (including phenoxy) is 1. The molecule has 1 rings (SSSR count). The standard InChI is InChI=1S/C8H15NO2/c1-3-9-8(10)7-5-4-6(2)11-7/h6-7H,3-5H2,1-2H3,(H,9,10)/t6-,7-/m0/s1. The van der Waals surface area contributed by atoms with Crippen molar-refractivity contribution in [3.8, 4) is 0 Å². The normalized spacial score (nSPS) is 30.4. The summed E-state index contributed by atoms with van der Waals surface area (Å²) in [4.78, 5) is 11.2. The minimum absolute atomic E-state index is 0.0388. The first-order chi connectivity index (χ1) is 5.24. The molecule has 11 heavy (non-hydrogen) atoms. The van der Waals surface area contributed by atoms with E-state index in [0.717, 1.165) is 12.8 Å². The Hall–Kier alpha value is -0.570. The molecule has 1 fully saturated rings. The van der Waals surface area contributed by atoms with Crippen LogP contribution in [-0.4, -0.2) is 24.7 Å². The molecule has 1 saturated heterocycles. The first kappa shape index (κ1) is 8.53. The van der Waals surface area contributed by atoms with Gasteiger partial charge in [-0.1, -0.05) is 0 Å². The van der Waals surface area contributed by atoms with Gasteiger partial charge in [0.05, 0.1) is 6.10 Å². The lowest BCUT2D eigenvalue weighted by Crippen LogP contribution is -2.34. The molecule has 0 spiro atoms. The van der Waals surface area contributed by atoms with Crippen LogP contribution < -0.4 is 5.32 Å². The highest BCUT2D eigenvalue weighted by Gasteiger charge is 2.27. The summed E-state index contributed by atoms with van der Waals surface area (Å²) in [5.41, 5.74) is 0. The molecule has 1 amide bonds. The Bertz CT molecular complexity index is 147. The zero-order chi connectivity index (χ0) is 8.27. The van der Waals surface area contributed by atoms with Crippen molar-refractivity contribution in [2.75, 3.05) is 6.54 Å². The summed E-state index contributed by atoms with van der Waals surface area (Å²) in [5, 5.41) is 2.74. The fraction of sp³-hybridized carbons (Fsp3) is 0.875. The number of hydrogen-bond donors (Lipinski definition) is 1. The first-order valence-corrected chi connectivity index (χ1v) is 4.17.